The van der Waals surface area contributed by atoms with Crippen molar-refractivity contribution in [2.45, 2.75) is 12.5 Å². The van der Waals surface area contributed by atoms with Crippen molar-refractivity contribution in [3.63, 3.8) is 0 Å². The van der Waals surface area contributed by atoms with Crippen molar-refractivity contribution in [1.29, 1.82) is 0 Å². The van der Waals surface area contributed by atoms with E-state index in [-0.39, 0.29) is 5.91 Å². The minimum atomic E-state index is -0.649. The number of rotatable bonds is 5. The first-order valence-electron chi connectivity index (χ1n) is 6.17. The molecule has 0 fully saturated rings. The minimum Gasteiger partial charge on any atom is -0.472 e. The molecule has 1 heterocycles. The maximum Gasteiger partial charge on any atom is 0.254 e. The first kappa shape index (κ1) is 14.6. The van der Waals surface area contributed by atoms with E-state index >= 15 is 0 Å². The normalized spacial score (nSPS) is 13.8. The Kier molecular flexibility index (Phi) is 4.47. The third kappa shape index (κ3) is 3.21. The van der Waals surface area contributed by atoms with Crippen LogP contribution in [-0.2, 0) is 10.3 Å². The Morgan fingerprint density at radius 3 is 2.85 bits per heavy atom. The van der Waals surface area contributed by atoms with Crippen molar-refractivity contribution in [3.8, 4) is 0 Å². The predicted molar refractivity (Wildman–Crippen MR) is 76.9 cm³/mol. The summed E-state index contributed by atoms with van der Waals surface area (Å²) < 4.78 is 10.4. The summed E-state index contributed by atoms with van der Waals surface area (Å²) in [6, 6.07) is 9.01. The highest BCUT2D eigenvalue weighted by Gasteiger charge is 2.27. The standard InChI is InChI=1S/C15H16ClNO3/c1-15(19-2,12-4-3-5-13(16)8-12)10-17-14(18)11-6-7-20-9-11/h3-9H,10H2,1-2H3,(H,17,18). The van der Waals surface area contributed by atoms with E-state index in [1.807, 2.05) is 25.1 Å². The van der Waals surface area contributed by atoms with E-state index in [9.17, 15) is 4.79 Å². The molecule has 0 aliphatic rings. The second kappa shape index (κ2) is 6.11. The summed E-state index contributed by atoms with van der Waals surface area (Å²) in [7, 11) is 1.60. The largest absolute Gasteiger partial charge is 0.472 e. The zero-order valence-electron chi connectivity index (χ0n) is 11.4. The van der Waals surface area contributed by atoms with Crippen LogP contribution in [0.4, 0.5) is 0 Å². The lowest BCUT2D eigenvalue weighted by Gasteiger charge is -2.29. The molecular weight excluding hydrogens is 278 g/mol. The molecule has 0 bridgehead atoms. The molecule has 0 aliphatic heterocycles. The fraction of sp³-hybridized carbons (Fsp3) is 0.267. The van der Waals surface area contributed by atoms with Crippen molar-refractivity contribution in [3.05, 3.63) is 59.0 Å². The van der Waals surface area contributed by atoms with Crippen LogP contribution in [0.2, 0.25) is 5.02 Å². The number of halogens is 1. The zero-order chi connectivity index (χ0) is 14.6. The lowest BCUT2D eigenvalue weighted by molar-refractivity contribution is 0.00315. The molecule has 0 saturated heterocycles. The van der Waals surface area contributed by atoms with Crippen LogP contribution in [0.5, 0.6) is 0 Å². The Morgan fingerprint density at radius 2 is 2.25 bits per heavy atom. The van der Waals surface area contributed by atoms with Gasteiger partial charge < -0.3 is 14.5 Å². The van der Waals surface area contributed by atoms with Crippen molar-refractivity contribution in [2.24, 2.45) is 0 Å². The number of methoxy groups -OCH3 is 1. The molecule has 1 aromatic carbocycles. The zero-order valence-corrected chi connectivity index (χ0v) is 12.1. The van der Waals surface area contributed by atoms with Gasteiger partial charge in [0.05, 0.1) is 18.4 Å². The molecule has 20 heavy (non-hydrogen) atoms. The van der Waals surface area contributed by atoms with Gasteiger partial charge in [0.1, 0.15) is 11.9 Å². The molecule has 4 nitrogen and oxygen atoms in total. The average Bonchev–Trinajstić information content (AvgIpc) is 2.98. The Balaban J connectivity index is 2.10. The molecule has 2 rings (SSSR count). The van der Waals surface area contributed by atoms with E-state index in [1.54, 1.807) is 19.2 Å². The maximum absolute atomic E-state index is 11.9. The topological polar surface area (TPSA) is 51.5 Å². The van der Waals surface area contributed by atoms with Gasteiger partial charge in [-0.05, 0) is 30.7 Å². The molecule has 1 unspecified atom stereocenters. The van der Waals surface area contributed by atoms with Gasteiger partial charge in [-0.25, -0.2) is 0 Å². The quantitative estimate of drug-likeness (QED) is 0.921. The third-order valence-electron chi connectivity index (χ3n) is 3.26. The summed E-state index contributed by atoms with van der Waals surface area (Å²) in [6.45, 7) is 2.22. The summed E-state index contributed by atoms with van der Waals surface area (Å²) >= 11 is 6.00. The number of hydrogen-bond donors (Lipinski definition) is 1. The Bertz CT molecular complexity index is 583. The van der Waals surface area contributed by atoms with Crippen molar-refractivity contribution < 1.29 is 13.9 Å². The highest BCUT2D eigenvalue weighted by atomic mass is 35.5. The third-order valence-corrected chi connectivity index (χ3v) is 3.49. The van der Waals surface area contributed by atoms with E-state index in [4.69, 9.17) is 20.8 Å². The van der Waals surface area contributed by atoms with Crippen LogP contribution in [0, 0.1) is 0 Å². The summed E-state index contributed by atoms with van der Waals surface area (Å²) in [4.78, 5) is 11.9. The number of carbonyl (C=O) groups excluding carboxylic acids is 1. The molecule has 1 N–H and O–H groups in total. The number of benzene rings is 1. The van der Waals surface area contributed by atoms with Crippen LogP contribution in [0.1, 0.15) is 22.8 Å². The van der Waals surface area contributed by atoms with Gasteiger partial charge in [0.25, 0.3) is 5.91 Å². The molecular formula is C15H16ClNO3. The molecule has 5 heteroatoms. The SMILES string of the molecule is COC(C)(CNC(=O)c1ccoc1)c1cccc(Cl)c1. The fourth-order valence-corrected chi connectivity index (χ4v) is 2.04. The van der Waals surface area contributed by atoms with Crippen LogP contribution in [-0.4, -0.2) is 19.6 Å². The van der Waals surface area contributed by atoms with Gasteiger partial charge in [-0.3, -0.25) is 4.79 Å². The number of carbonyl (C=O) groups is 1. The summed E-state index contributed by atoms with van der Waals surface area (Å²) in [5.74, 6) is -0.205. The highest BCUT2D eigenvalue weighted by Crippen LogP contribution is 2.26. The number of furan rings is 1. The Hall–Kier alpha value is -1.78. The average molecular weight is 294 g/mol. The minimum absolute atomic E-state index is 0.205. The summed E-state index contributed by atoms with van der Waals surface area (Å²) in [5, 5.41) is 3.46. The first-order valence-corrected chi connectivity index (χ1v) is 6.54. The van der Waals surface area contributed by atoms with Crippen LogP contribution >= 0.6 is 11.6 Å². The van der Waals surface area contributed by atoms with E-state index in [0.29, 0.717) is 17.1 Å². The Labute approximate surface area is 122 Å². The van der Waals surface area contributed by atoms with Crippen molar-refractivity contribution >= 4 is 17.5 Å². The molecule has 106 valence electrons. The van der Waals surface area contributed by atoms with E-state index in [2.05, 4.69) is 5.32 Å². The van der Waals surface area contributed by atoms with Gasteiger partial charge in [-0.15, -0.1) is 0 Å². The van der Waals surface area contributed by atoms with Crippen molar-refractivity contribution in [1.82, 2.24) is 5.32 Å². The molecule has 0 aliphatic carbocycles. The summed E-state index contributed by atoms with van der Waals surface area (Å²) in [5.41, 5.74) is 0.735. The van der Waals surface area contributed by atoms with Gasteiger partial charge in [0.15, 0.2) is 0 Å². The predicted octanol–water partition coefficient (Wildman–Crippen LogP) is 3.22. The van der Waals surface area contributed by atoms with Crippen LogP contribution in [0.3, 0.4) is 0 Å². The molecule has 0 radical (unpaired) electrons. The van der Waals surface area contributed by atoms with Gasteiger partial charge in [0, 0.05) is 12.1 Å². The number of nitrogens with one attached hydrogen (secondary N) is 1. The van der Waals surface area contributed by atoms with Crippen LogP contribution in [0.25, 0.3) is 0 Å². The lowest BCUT2D eigenvalue weighted by Crippen LogP contribution is -2.40. The highest BCUT2D eigenvalue weighted by molar-refractivity contribution is 6.30. The molecule has 0 saturated carbocycles. The monoisotopic (exact) mass is 293 g/mol. The number of amides is 1. The molecule has 1 amide bonds. The van der Waals surface area contributed by atoms with Gasteiger partial charge >= 0.3 is 0 Å². The Morgan fingerprint density at radius 1 is 1.45 bits per heavy atom. The smallest absolute Gasteiger partial charge is 0.254 e. The van der Waals surface area contributed by atoms with Crippen molar-refractivity contribution in [2.75, 3.05) is 13.7 Å². The molecule has 2 aromatic rings. The fourth-order valence-electron chi connectivity index (χ4n) is 1.85. The van der Waals surface area contributed by atoms with Gasteiger partial charge in [-0.1, -0.05) is 23.7 Å². The van der Waals surface area contributed by atoms with E-state index in [0.717, 1.165) is 5.56 Å². The second-order valence-corrected chi connectivity index (χ2v) is 5.08. The molecule has 1 aromatic heterocycles. The van der Waals surface area contributed by atoms with E-state index in [1.165, 1.54) is 12.5 Å². The van der Waals surface area contributed by atoms with Crippen LogP contribution < -0.4 is 5.32 Å². The number of hydrogen-bond acceptors (Lipinski definition) is 3. The number of ether oxygens (including phenoxy) is 1. The van der Waals surface area contributed by atoms with Gasteiger partial charge in [0.2, 0.25) is 0 Å². The molecule has 1 atom stereocenters. The maximum atomic E-state index is 11.9. The summed E-state index contributed by atoms with van der Waals surface area (Å²) in [6.07, 6.45) is 2.86. The molecule has 0 spiro atoms. The van der Waals surface area contributed by atoms with E-state index < -0.39 is 5.60 Å². The lowest BCUT2D eigenvalue weighted by atomic mass is 9.95. The first-order chi connectivity index (χ1) is 9.55. The second-order valence-electron chi connectivity index (χ2n) is 4.64. The van der Waals surface area contributed by atoms with Crippen LogP contribution in [0.15, 0.2) is 47.3 Å². The van der Waals surface area contributed by atoms with Gasteiger partial charge in [-0.2, -0.15) is 0 Å².